The monoisotopic (exact) mass is 266 g/mol. The third kappa shape index (κ3) is 3.27. The summed E-state index contributed by atoms with van der Waals surface area (Å²) in [6.45, 7) is 2.64. The standard InChI is InChI=1S/C13H15FN2OS/c1-9(12-3-2-11(17)6-13(12)14)15-5-4-10-7-18-8-16-10/h2-3,6-9,15,17H,4-5H2,1H3. The fourth-order valence-corrected chi connectivity index (χ4v) is 2.35. The highest BCUT2D eigenvalue weighted by Crippen LogP contribution is 2.20. The average Bonchev–Trinajstić information content (AvgIpc) is 2.81. The molecule has 1 unspecified atom stereocenters. The van der Waals surface area contributed by atoms with Crippen molar-refractivity contribution in [3.8, 4) is 5.75 Å². The van der Waals surface area contributed by atoms with Gasteiger partial charge in [-0.3, -0.25) is 0 Å². The van der Waals surface area contributed by atoms with Crippen LogP contribution in [0, 0.1) is 5.82 Å². The number of nitrogens with zero attached hydrogens (tertiary/aromatic N) is 1. The van der Waals surface area contributed by atoms with E-state index < -0.39 is 0 Å². The van der Waals surface area contributed by atoms with E-state index in [-0.39, 0.29) is 17.6 Å². The average molecular weight is 266 g/mol. The van der Waals surface area contributed by atoms with Crippen molar-refractivity contribution in [1.29, 1.82) is 0 Å². The second-order valence-corrected chi connectivity index (χ2v) is 4.83. The number of halogens is 1. The molecular formula is C13H15FN2OS. The lowest BCUT2D eigenvalue weighted by molar-refractivity contribution is 0.464. The summed E-state index contributed by atoms with van der Waals surface area (Å²) in [5, 5.41) is 14.4. The zero-order valence-corrected chi connectivity index (χ0v) is 10.9. The molecule has 18 heavy (non-hydrogen) atoms. The smallest absolute Gasteiger partial charge is 0.131 e. The molecule has 0 spiro atoms. The molecule has 0 aliphatic carbocycles. The van der Waals surface area contributed by atoms with Crippen LogP contribution in [0.4, 0.5) is 4.39 Å². The van der Waals surface area contributed by atoms with Crippen LogP contribution in [-0.2, 0) is 6.42 Å². The molecular weight excluding hydrogens is 251 g/mol. The number of thiazole rings is 1. The molecule has 3 nitrogen and oxygen atoms in total. The molecule has 1 atom stereocenters. The molecule has 1 aromatic heterocycles. The van der Waals surface area contributed by atoms with E-state index in [1.54, 1.807) is 22.9 Å². The molecule has 0 radical (unpaired) electrons. The first-order chi connectivity index (χ1) is 8.66. The lowest BCUT2D eigenvalue weighted by Crippen LogP contribution is -2.22. The topological polar surface area (TPSA) is 45.2 Å². The van der Waals surface area contributed by atoms with Crippen LogP contribution in [0.15, 0.2) is 29.1 Å². The highest BCUT2D eigenvalue weighted by Gasteiger charge is 2.10. The van der Waals surface area contributed by atoms with Crippen molar-refractivity contribution in [1.82, 2.24) is 10.3 Å². The van der Waals surface area contributed by atoms with Gasteiger partial charge in [0.25, 0.3) is 0 Å². The Bertz CT molecular complexity index is 502. The minimum absolute atomic E-state index is 0.0501. The molecule has 0 fully saturated rings. The van der Waals surface area contributed by atoms with Crippen LogP contribution in [0.2, 0.25) is 0 Å². The zero-order valence-electron chi connectivity index (χ0n) is 10.1. The van der Waals surface area contributed by atoms with Gasteiger partial charge in [-0.15, -0.1) is 11.3 Å². The second kappa shape index (κ2) is 5.93. The number of benzene rings is 1. The third-order valence-corrected chi connectivity index (χ3v) is 3.40. The van der Waals surface area contributed by atoms with Gasteiger partial charge in [-0.25, -0.2) is 9.37 Å². The Labute approximate surface area is 109 Å². The molecule has 0 bridgehead atoms. The maximum atomic E-state index is 13.6. The number of aromatic hydroxyl groups is 1. The van der Waals surface area contributed by atoms with Gasteiger partial charge in [0, 0.05) is 36.0 Å². The Balaban J connectivity index is 1.89. The summed E-state index contributed by atoms with van der Waals surface area (Å²) in [6, 6.07) is 4.14. The van der Waals surface area contributed by atoms with Crippen molar-refractivity contribution < 1.29 is 9.50 Å². The van der Waals surface area contributed by atoms with E-state index in [9.17, 15) is 4.39 Å². The number of phenols is 1. The second-order valence-electron chi connectivity index (χ2n) is 4.11. The van der Waals surface area contributed by atoms with Crippen molar-refractivity contribution in [3.05, 3.63) is 46.2 Å². The molecule has 96 valence electrons. The summed E-state index contributed by atoms with van der Waals surface area (Å²) < 4.78 is 13.6. The summed E-state index contributed by atoms with van der Waals surface area (Å²) >= 11 is 1.57. The Hall–Kier alpha value is -1.46. The van der Waals surface area contributed by atoms with Crippen molar-refractivity contribution in [2.75, 3.05) is 6.54 Å². The summed E-state index contributed by atoms with van der Waals surface area (Å²) in [6.07, 6.45) is 0.827. The lowest BCUT2D eigenvalue weighted by atomic mass is 10.1. The Morgan fingerprint density at radius 2 is 2.33 bits per heavy atom. The SMILES string of the molecule is CC(NCCc1cscn1)c1ccc(O)cc1F. The summed E-state index contributed by atoms with van der Waals surface area (Å²) in [5.41, 5.74) is 3.41. The Morgan fingerprint density at radius 1 is 1.50 bits per heavy atom. The van der Waals surface area contributed by atoms with Crippen LogP contribution in [-0.4, -0.2) is 16.6 Å². The number of hydrogen-bond donors (Lipinski definition) is 2. The molecule has 0 saturated carbocycles. The number of aromatic nitrogens is 1. The minimum Gasteiger partial charge on any atom is -0.508 e. The third-order valence-electron chi connectivity index (χ3n) is 2.77. The number of phenolic OH excluding ortho intramolecular Hbond substituents is 1. The summed E-state index contributed by atoms with van der Waals surface area (Å²) in [4.78, 5) is 4.19. The molecule has 2 N–H and O–H groups in total. The summed E-state index contributed by atoms with van der Waals surface area (Å²) in [7, 11) is 0. The molecule has 0 amide bonds. The first kappa shape index (κ1) is 13.0. The van der Waals surface area contributed by atoms with Crippen LogP contribution >= 0.6 is 11.3 Å². The fourth-order valence-electron chi connectivity index (χ4n) is 1.75. The maximum absolute atomic E-state index is 13.6. The first-order valence-electron chi connectivity index (χ1n) is 5.75. The van der Waals surface area contributed by atoms with Crippen LogP contribution in [0.5, 0.6) is 5.75 Å². The lowest BCUT2D eigenvalue weighted by Gasteiger charge is -2.14. The molecule has 0 aliphatic rings. The first-order valence-corrected chi connectivity index (χ1v) is 6.70. The summed E-state index contributed by atoms with van der Waals surface area (Å²) in [5.74, 6) is -0.436. The van der Waals surface area contributed by atoms with Gasteiger partial charge in [0.2, 0.25) is 0 Å². The number of hydrogen-bond acceptors (Lipinski definition) is 4. The zero-order chi connectivity index (χ0) is 13.0. The molecule has 2 aromatic rings. The van der Waals surface area contributed by atoms with E-state index in [2.05, 4.69) is 10.3 Å². The quantitative estimate of drug-likeness (QED) is 0.874. The van der Waals surface area contributed by atoms with Crippen molar-refractivity contribution in [2.24, 2.45) is 0 Å². The minimum atomic E-state index is -0.386. The Morgan fingerprint density at radius 3 is 3.00 bits per heavy atom. The van der Waals surface area contributed by atoms with Crippen LogP contribution < -0.4 is 5.32 Å². The Kier molecular flexibility index (Phi) is 4.28. The normalized spacial score (nSPS) is 12.6. The van der Waals surface area contributed by atoms with Gasteiger partial charge >= 0.3 is 0 Å². The predicted molar refractivity (Wildman–Crippen MR) is 70.3 cm³/mol. The van der Waals surface area contributed by atoms with E-state index in [0.717, 1.165) is 24.7 Å². The van der Waals surface area contributed by atoms with Crippen molar-refractivity contribution in [3.63, 3.8) is 0 Å². The van der Waals surface area contributed by atoms with Gasteiger partial charge in [-0.05, 0) is 13.0 Å². The number of rotatable bonds is 5. The van der Waals surface area contributed by atoms with E-state index in [0.29, 0.717) is 5.56 Å². The number of nitrogens with one attached hydrogen (secondary N) is 1. The van der Waals surface area contributed by atoms with Gasteiger partial charge in [0.1, 0.15) is 11.6 Å². The predicted octanol–water partition coefficient (Wildman–Crippen LogP) is 2.88. The van der Waals surface area contributed by atoms with Gasteiger partial charge < -0.3 is 10.4 Å². The largest absolute Gasteiger partial charge is 0.508 e. The van der Waals surface area contributed by atoms with E-state index in [4.69, 9.17) is 5.11 Å². The molecule has 1 aromatic carbocycles. The van der Waals surface area contributed by atoms with Gasteiger partial charge in [-0.1, -0.05) is 6.07 Å². The van der Waals surface area contributed by atoms with Gasteiger partial charge in [-0.2, -0.15) is 0 Å². The molecule has 0 aliphatic heterocycles. The fraction of sp³-hybridized carbons (Fsp3) is 0.308. The van der Waals surface area contributed by atoms with E-state index in [1.807, 2.05) is 12.3 Å². The maximum Gasteiger partial charge on any atom is 0.131 e. The molecule has 0 saturated heterocycles. The van der Waals surface area contributed by atoms with Crippen molar-refractivity contribution in [2.45, 2.75) is 19.4 Å². The van der Waals surface area contributed by atoms with E-state index >= 15 is 0 Å². The highest BCUT2D eigenvalue weighted by atomic mass is 32.1. The molecule has 2 rings (SSSR count). The highest BCUT2D eigenvalue weighted by molar-refractivity contribution is 7.07. The van der Waals surface area contributed by atoms with Gasteiger partial charge in [0.05, 0.1) is 11.2 Å². The van der Waals surface area contributed by atoms with Crippen LogP contribution in [0.3, 0.4) is 0 Å². The van der Waals surface area contributed by atoms with Crippen molar-refractivity contribution >= 4 is 11.3 Å². The van der Waals surface area contributed by atoms with Crippen LogP contribution in [0.25, 0.3) is 0 Å². The van der Waals surface area contributed by atoms with Crippen LogP contribution in [0.1, 0.15) is 24.2 Å². The molecule has 1 heterocycles. The van der Waals surface area contributed by atoms with Gasteiger partial charge in [0.15, 0.2) is 0 Å². The van der Waals surface area contributed by atoms with E-state index in [1.165, 1.54) is 6.07 Å². The molecule has 5 heteroatoms.